The van der Waals surface area contributed by atoms with Crippen molar-refractivity contribution in [1.29, 1.82) is 0 Å². The molecule has 11 heteroatoms. The zero-order chi connectivity index (χ0) is 30.6. The summed E-state index contributed by atoms with van der Waals surface area (Å²) in [5, 5.41) is 0. The van der Waals surface area contributed by atoms with Crippen LogP contribution in [-0.4, -0.2) is 54.6 Å². The fourth-order valence-electron chi connectivity index (χ4n) is 4.57. The number of ether oxygens (including phenoxy) is 5. The van der Waals surface area contributed by atoms with Crippen LogP contribution in [0.1, 0.15) is 66.2 Å². The van der Waals surface area contributed by atoms with E-state index in [0.717, 1.165) is 63.1 Å². The van der Waals surface area contributed by atoms with Crippen molar-refractivity contribution >= 4 is 17.3 Å². The highest BCUT2D eigenvalue weighted by molar-refractivity contribution is 6.05. The van der Waals surface area contributed by atoms with E-state index in [4.69, 9.17) is 32.5 Å². The third-order valence-corrected chi connectivity index (χ3v) is 6.85. The average Bonchev–Trinajstić information content (AvgIpc) is 3.81. The normalized spacial score (nSPS) is 18.4. The smallest absolute Gasteiger partial charge is 0.331 e. The summed E-state index contributed by atoms with van der Waals surface area (Å²) in [6.07, 6.45) is 13.0. The number of carbonyl (C=O) groups is 2. The lowest BCUT2D eigenvalue weighted by atomic mass is 10.1. The molecule has 4 heterocycles. The number of ketones is 1. The second-order valence-corrected chi connectivity index (χ2v) is 9.96. The summed E-state index contributed by atoms with van der Waals surface area (Å²) >= 11 is 0. The molecule has 2 aliphatic rings. The van der Waals surface area contributed by atoms with E-state index in [0.29, 0.717) is 22.8 Å². The molecule has 6 rings (SSSR count). The van der Waals surface area contributed by atoms with Crippen molar-refractivity contribution in [2.45, 2.75) is 51.1 Å². The van der Waals surface area contributed by atoms with Crippen molar-refractivity contribution in [3.63, 3.8) is 0 Å². The summed E-state index contributed by atoms with van der Waals surface area (Å²) in [7, 11) is 1.33. The molecule has 230 valence electrons. The fraction of sp³-hybridized carbons (Fsp3) is 0.333. The monoisotopic (exact) mass is 602 g/mol. The average molecular weight is 603 g/mol. The highest BCUT2D eigenvalue weighted by Gasteiger charge is 2.18. The van der Waals surface area contributed by atoms with E-state index < -0.39 is 5.97 Å². The first kappa shape index (κ1) is 30.7. The number of rotatable bonds is 9. The number of nitrogens with zero attached hydrogens (tertiary/aromatic N) is 2. The quantitative estimate of drug-likeness (QED) is 0.127. The van der Waals surface area contributed by atoms with Crippen molar-refractivity contribution in [2.24, 2.45) is 0 Å². The number of methoxy groups -OCH3 is 1. The largest absolute Gasteiger partial charge is 0.466 e. The minimum atomic E-state index is -0.473. The number of aromatic nitrogens is 2. The minimum Gasteiger partial charge on any atom is -0.466 e. The first-order valence-corrected chi connectivity index (χ1v) is 14.5. The Morgan fingerprint density at radius 1 is 0.727 bits per heavy atom. The van der Waals surface area contributed by atoms with Crippen LogP contribution in [0, 0.1) is 0 Å². The van der Waals surface area contributed by atoms with Crippen molar-refractivity contribution in [1.82, 2.24) is 9.97 Å². The second kappa shape index (κ2) is 15.6. The van der Waals surface area contributed by atoms with Gasteiger partial charge in [-0.15, -0.1) is 0 Å². The molecule has 0 saturated carbocycles. The maximum atomic E-state index is 12.0. The lowest BCUT2D eigenvalue weighted by molar-refractivity contribution is -0.134. The van der Waals surface area contributed by atoms with Crippen LogP contribution in [0.5, 0.6) is 11.5 Å². The zero-order valence-electron chi connectivity index (χ0n) is 24.4. The van der Waals surface area contributed by atoms with Gasteiger partial charge in [0.25, 0.3) is 5.89 Å². The predicted molar refractivity (Wildman–Crippen MR) is 157 cm³/mol. The third-order valence-electron chi connectivity index (χ3n) is 6.85. The molecule has 44 heavy (non-hydrogen) atoms. The van der Waals surface area contributed by atoms with E-state index in [-0.39, 0.29) is 24.3 Å². The van der Waals surface area contributed by atoms with Gasteiger partial charge in [0.15, 0.2) is 12.6 Å². The minimum absolute atomic E-state index is 0.0919. The Bertz CT molecular complexity index is 1470. The van der Waals surface area contributed by atoms with Gasteiger partial charge < -0.3 is 32.5 Å². The molecule has 2 aromatic carbocycles. The van der Waals surface area contributed by atoms with Crippen molar-refractivity contribution in [3.8, 4) is 11.5 Å². The summed E-state index contributed by atoms with van der Waals surface area (Å²) < 4.78 is 37.6. The summed E-state index contributed by atoms with van der Waals surface area (Å²) in [6, 6.07) is 14.3. The van der Waals surface area contributed by atoms with Crippen LogP contribution in [0.15, 0.2) is 88.4 Å². The number of hydrogen-bond donors (Lipinski definition) is 0. The molecule has 2 aliphatic heterocycles. The third kappa shape index (κ3) is 8.65. The lowest BCUT2D eigenvalue weighted by Gasteiger charge is -2.23. The molecular formula is C33H34N2O9. The number of carbonyl (C=O) groups excluding carboxylic acids is 2. The van der Waals surface area contributed by atoms with Crippen LogP contribution in [0.4, 0.5) is 0 Å². The molecule has 0 radical (unpaired) electrons. The van der Waals surface area contributed by atoms with E-state index in [2.05, 4.69) is 9.97 Å². The van der Waals surface area contributed by atoms with Gasteiger partial charge in [-0.1, -0.05) is 12.1 Å². The van der Waals surface area contributed by atoms with E-state index >= 15 is 0 Å². The molecule has 2 fully saturated rings. The van der Waals surface area contributed by atoms with Crippen LogP contribution in [0.3, 0.4) is 0 Å². The Balaban J connectivity index is 0.000000177. The Hall–Kier alpha value is -4.74. The molecule has 11 nitrogen and oxygen atoms in total. The maximum absolute atomic E-state index is 12.0. The summed E-state index contributed by atoms with van der Waals surface area (Å²) in [6.45, 7) is 1.48. The molecule has 0 N–H and O–H groups in total. The van der Waals surface area contributed by atoms with Crippen molar-refractivity contribution in [3.05, 3.63) is 102 Å². The number of esters is 1. The Morgan fingerprint density at radius 3 is 1.70 bits per heavy atom. The van der Waals surface area contributed by atoms with Crippen molar-refractivity contribution in [2.75, 3.05) is 20.3 Å². The molecule has 0 spiro atoms. The maximum Gasteiger partial charge on any atom is 0.331 e. The number of benzene rings is 2. The first-order chi connectivity index (χ1) is 21.6. The molecule has 0 amide bonds. The Labute approximate surface area is 254 Å². The van der Waals surface area contributed by atoms with E-state index in [9.17, 15) is 9.59 Å². The van der Waals surface area contributed by atoms with Gasteiger partial charge >= 0.3 is 5.97 Å². The SMILES string of the molecule is COC(=O)C=C(c1ccc(OC2CCCCO2)cc1)c1ncco1.O=C(c1ccc(OC2CCCCO2)cc1)c1ncco1. The molecule has 4 aromatic rings. The molecule has 2 aromatic heterocycles. The standard InChI is InChI=1S/C18H19NO5.C15H15NO4/c1-21-16(20)12-15(18-19-9-11-23-18)13-5-7-14(8-6-13)24-17-4-2-3-10-22-17;17-14(15-16-8-10-19-15)11-4-6-12(7-5-11)20-13-3-1-2-9-18-13/h5-9,11-12,17H,2-4,10H2,1H3;4-8,10,13H,1-3,9H2. The highest BCUT2D eigenvalue weighted by Crippen LogP contribution is 2.26. The van der Waals surface area contributed by atoms with Crippen LogP contribution < -0.4 is 9.47 Å². The van der Waals surface area contributed by atoms with Gasteiger partial charge in [0.1, 0.15) is 24.0 Å². The van der Waals surface area contributed by atoms with Gasteiger partial charge in [0, 0.05) is 24.5 Å². The molecule has 0 bridgehead atoms. The van der Waals surface area contributed by atoms with Gasteiger partial charge in [-0.3, -0.25) is 4.79 Å². The van der Waals surface area contributed by atoms with Crippen LogP contribution in [-0.2, 0) is 19.0 Å². The molecule has 2 atom stereocenters. The second-order valence-electron chi connectivity index (χ2n) is 9.96. The van der Waals surface area contributed by atoms with E-state index in [1.165, 1.54) is 38.1 Å². The Morgan fingerprint density at radius 2 is 1.25 bits per heavy atom. The van der Waals surface area contributed by atoms with E-state index in [1.807, 2.05) is 24.3 Å². The predicted octanol–water partition coefficient (Wildman–Crippen LogP) is 6.00. The zero-order valence-corrected chi connectivity index (χ0v) is 24.4. The summed E-state index contributed by atoms with van der Waals surface area (Å²) in [5.74, 6) is 1.14. The molecule has 2 unspecified atom stereocenters. The van der Waals surface area contributed by atoms with Crippen LogP contribution >= 0.6 is 0 Å². The molecule has 2 saturated heterocycles. The lowest BCUT2D eigenvalue weighted by Crippen LogP contribution is -2.24. The Kier molecular flexibility index (Phi) is 10.9. The van der Waals surface area contributed by atoms with Crippen LogP contribution in [0.25, 0.3) is 5.57 Å². The first-order valence-electron chi connectivity index (χ1n) is 14.5. The van der Waals surface area contributed by atoms with Gasteiger partial charge in [-0.05, 0) is 67.6 Å². The van der Waals surface area contributed by atoms with Gasteiger partial charge in [0.2, 0.25) is 11.7 Å². The fourth-order valence-corrected chi connectivity index (χ4v) is 4.57. The number of oxazole rings is 2. The topological polar surface area (TPSA) is 132 Å². The van der Waals surface area contributed by atoms with Gasteiger partial charge in [-0.2, -0.15) is 0 Å². The van der Waals surface area contributed by atoms with Crippen molar-refractivity contribution < 1.29 is 42.1 Å². The van der Waals surface area contributed by atoms with Gasteiger partial charge in [-0.25, -0.2) is 14.8 Å². The van der Waals surface area contributed by atoms with E-state index in [1.54, 1.807) is 24.3 Å². The number of hydrogen-bond acceptors (Lipinski definition) is 11. The van der Waals surface area contributed by atoms with Crippen LogP contribution in [0.2, 0.25) is 0 Å². The summed E-state index contributed by atoms with van der Waals surface area (Å²) in [4.78, 5) is 31.5. The molecular weight excluding hydrogens is 568 g/mol. The highest BCUT2D eigenvalue weighted by atomic mass is 16.7. The molecule has 0 aliphatic carbocycles. The summed E-state index contributed by atoms with van der Waals surface area (Å²) in [5.41, 5.74) is 1.84. The van der Waals surface area contributed by atoms with Gasteiger partial charge in [0.05, 0.1) is 38.3 Å².